The second-order valence-electron chi connectivity index (χ2n) is 4.47. The van der Waals surface area contributed by atoms with Gasteiger partial charge in [0.1, 0.15) is 11.1 Å². The second-order valence-corrected chi connectivity index (χ2v) is 7.17. The van der Waals surface area contributed by atoms with Crippen LogP contribution in [0.3, 0.4) is 0 Å². The van der Waals surface area contributed by atoms with Gasteiger partial charge in [0.15, 0.2) is 0 Å². The monoisotopic (exact) mass is 350 g/mol. The molecule has 2 N–H and O–H groups in total. The summed E-state index contributed by atoms with van der Waals surface area (Å²) in [4.78, 5) is 13.2. The molecule has 1 aliphatic heterocycles. The van der Waals surface area contributed by atoms with Gasteiger partial charge >= 0.3 is 0 Å². The first-order valence-corrected chi connectivity index (χ1v) is 7.88. The molecule has 0 spiro atoms. The van der Waals surface area contributed by atoms with E-state index in [1.54, 1.807) is 6.92 Å². The highest BCUT2D eigenvalue weighted by Crippen LogP contribution is 2.34. The number of amides is 1. The van der Waals surface area contributed by atoms with Crippen molar-refractivity contribution in [2.45, 2.75) is 18.6 Å². The Balaban J connectivity index is 2.42. The number of nitrogens with two attached hydrogens (primary N) is 1. The van der Waals surface area contributed by atoms with E-state index < -0.39 is 21.1 Å². The molecule has 1 aliphatic rings. The van der Waals surface area contributed by atoms with E-state index in [0.29, 0.717) is 15.7 Å². The summed E-state index contributed by atoms with van der Waals surface area (Å²) in [7, 11) is -3.76. The van der Waals surface area contributed by atoms with Crippen LogP contribution in [0.2, 0.25) is 0 Å². The van der Waals surface area contributed by atoms with E-state index in [1.165, 1.54) is 17.0 Å². The Morgan fingerprint density at radius 3 is 2.58 bits per heavy atom. The molecule has 1 atom stereocenters. The summed E-state index contributed by atoms with van der Waals surface area (Å²) < 4.78 is 36.2. The van der Waals surface area contributed by atoms with Crippen LogP contribution in [-0.2, 0) is 14.8 Å². The van der Waals surface area contributed by atoms with Gasteiger partial charge in [-0.25, -0.2) is 17.9 Å². The molecule has 0 saturated carbocycles. The number of hydrogen-bond acceptors (Lipinski definition) is 3. The van der Waals surface area contributed by atoms with Crippen molar-refractivity contribution in [3.8, 4) is 0 Å². The summed E-state index contributed by atoms with van der Waals surface area (Å²) >= 11 is 3.19. The van der Waals surface area contributed by atoms with Crippen molar-refractivity contribution in [3.63, 3.8) is 0 Å². The zero-order valence-corrected chi connectivity index (χ0v) is 12.5. The second kappa shape index (κ2) is 4.84. The first-order valence-electron chi connectivity index (χ1n) is 5.48. The molecule has 1 heterocycles. The maximum Gasteiger partial charge on any atom is 0.228 e. The van der Waals surface area contributed by atoms with Crippen LogP contribution in [0.5, 0.6) is 0 Å². The summed E-state index contributed by atoms with van der Waals surface area (Å²) in [6.07, 6.45) is -0.151. The molecule has 1 saturated heterocycles. The van der Waals surface area contributed by atoms with E-state index in [9.17, 15) is 17.6 Å². The molecule has 0 aromatic heterocycles. The normalized spacial score (nSPS) is 20.1. The summed E-state index contributed by atoms with van der Waals surface area (Å²) in [5.41, 5.74) is 1.04. The number of nitrogens with zero attached hydrogens (tertiary/aromatic N) is 1. The molecular weight excluding hydrogens is 339 g/mol. The molecule has 0 bridgehead atoms. The summed E-state index contributed by atoms with van der Waals surface area (Å²) in [5.74, 6) is -0.766. The van der Waals surface area contributed by atoms with E-state index in [1.807, 2.05) is 0 Å². The lowest BCUT2D eigenvalue weighted by Crippen LogP contribution is -2.32. The number of sulfonamides is 1. The highest BCUT2D eigenvalue weighted by Gasteiger charge is 2.38. The van der Waals surface area contributed by atoms with Gasteiger partial charge in [-0.3, -0.25) is 4.79 Å². The molecule has 1 fully saturated rings. The number of halogens is 2. The summed E-state index contributed by atoms with van der Waals surface area (Å²) in [6.45, 7) is 1.64. The third-order valence-electron chi connectivity index (χ3n) is 3.04. The number of primary sulfonamides is 1. The van der Waals surface area contributed by atoms with Gasteiger partial charge in [0.05, 0.1) is 5.69 Å². The zero-order valence-electron chi connectivity index (χ0n) is 10.1. The first-order chi connectivity index (χ1) is 8.70. The minimum atomic E-state index is -3.76. The largest absolute Gasteiger partial charge is 0.310 e. The third kappa shape index (κ3) is 2.80. The van der Waals surface area contributed by atoms with Crippen molar-refractivity contribution >= 4 is 37.5 Å². The highest BCUT2D eigenvalue weighted by molar-refractivity contribution is 9.10. The Kier molecular flexibility index (Phi) is 3.67. The fourth-order valence-electron chi connectivity index (χ4n) is 2.15. The Hall–Kier alpha value is -0.990. The van der Waals surface area contributed by atoms with Gasteiger partial charge in [-0.2, -0.15) is 0 Å². The van der Waals surface area contributed by atoms with Crippen molar-refractivity contribution in [2.24, 2.45) is 5.14 Å². The zero-order chi connectivity index (χ0) is 14.4. The molecular formula is C11H12BrFN2O3S. The number of benzene rings is 1. The number of aryl methyl sites for hydroxylation is 1. The molecule has 8 heteroatoms. The van der Waals surface area contributed by atoms with Crippen molar-refractivity contribution in [1.29, 1.82) is 0 Å². The van der Waals surface area contributed by atoms with Gasteiger partial charge < -0.3 is 4.90 Å². The number of carbonyl (C=O) groups is 1. The highest BCUT2D eigenvalue weighted by atomic mass is 79.9. The average molecular weight is 351 g/mol. The quantitative estimate of drug-likeness (QED) is 0.872. The van der Waals surface area contributed by atoms with Crippen molar-refractivity contribution in [3.05, 3.63) is 28.0 Å². The van der Waals surface area contributed by atoms with Crippen LogP contribution in [-0.4, -0.2) is 26.1 Å². The SMILES string of the molecule is Cc1cc(F)cc(Br)c1N1CC(S(N)(=O)=O)CC1=O. The standard InChI is InChI=1S/C11H12BrFN2O3S/c1-6-2-7(13)3-9(12)11(6)15-5-8(4-10(15)16)19(14,17)18/h2-3,8H,4-5H2,1H3,(H2,14,17,18). The van der Waals surface area contributed by atoms with Crippen LogP contribution < -0.4 is 10.0 Å². The minimum absolute atomic E-state index is 0.0112. The lowest BCUT2D eigenvalue weighted by Gasteiger charge is -2.20. The first kappa shape index (κ1) is 14.4. The number of rotatable bonds is 2. The molecule has 2 rings (SSSR count). The van der Waals surface area contributed by atoms with Gasteiger partial charge in [-0.05, 0) is 40.5 Å². The van der Waals surface area contributed by atoms with Crippen LogP contribution in [0.15, 0.2) is 16.6 Å². The summed E-state index contributed by atoms with van der Waals surface area (Å²) in [5, 5.41) is 4.15. The maximum absolute atomic E-state index is 13.2. The average Bonchev–Trinajstić information content (AvgIpc) is 2.59. The predicted octanol–water partition coefficient (Wildman–Crippen LogP) is 1.29. The van der Waals surface area contributed by atoms with E-state index in [0.717, 1.165) is 0 Å². The van der Waals surface area contributed by atoms with Crippen LogP contribution in [0.4, 0.5) is 10.1 Å². The van der Waals surface area contributed by atoms with Gasteiger partial charge in [-0.1, -0.05) is 0 Å². The molecule has 19 heavy (non-hydrogen) atoms. The lowest BCUT2D eigenvalue weighted by atomic mass is 10.2. The number of anilines is 1. The molecule has 5 nitrogen and oxygen atoms in total. The van der Waals surface area contributed by atoms with E-state index in [2.05, 4.69) is 15.9 Å². The van der Waals surface area contributed by atoms with Gasteiger partial charge in [0, 0.05) is 17.4 Å². The molecule has 1 unspecified atom stereocenters. The Morgan fingerprint density at radius 1 is 1.47 bits per heavy atom. The van der Waals surface area contributed by atoms with Gasteiger partial charge in [-0.15, -0.1) is 0 Å². The molecule has 104 valence electrons. The lowest BCUT2D eigenvalue weighted by molar-refractivity contribution is -0.117. The van der Waals surface area contributed by atoms with Gasteiger partial charge in [0.25, 0.3) is 0 Å². The van der Waals surface area contributed by atoms with Gasteiger partial charge in [0.2, 0.25) is 15.9 Å². The molecule has 0 radical (unpaired) electrons. The topological polar surface area (TPSA) is 80.5 Å². The van der Waals surface area contributed by atoms with Crippen LogP contribution in [0.1, 0.15) is 12.0 Å². The van der Waals surface area contributed by atoms with E-state index in [4.69, 9.17) is 5.14 Å². The van der Waals surface area contributed by atoms with Crippen LogP contribution in [0.25, 0.3) is 0 Å². The van der Waals surface area contributed by atoms with Crippen molar-refractivity contribution < 1.29 is 17.6 Å². The smallest absolute Gasteiger partial charge is 0.228 e. The molecule has 1 amide bonds. The van der Waals surface area contributed by atoms with Crippen molar-refractivity contribution in [2.75, 3.05) is 11.4 Å². The number of carbonyl (C=O) groups excluding carboxylic acids is 1. The third-order valence-corrected chi connectivity index (χ3v) is 4.89. The van der Waals surface area contributed by atoms with Crippen molar-refractivity contribution in [1.82, 2.24) is 0 Å². The summed E-state index contributed by atoms with van der Waals surface area (Å²) in [6, 6.07) is 2.53. The van der Waals surface area contributed by atoms with E-state index >= 15 is 0 Å². The van der Waals surface area contributed by atoms with Crippen LogP contribution >= 0.6 is 15.9 Å². The molecule has 1 aromatic rings. The Bertz CT molecular complexity index is 624. The fraction of sp³-hybridized carbons (Fsp3) is 0.364. The Labute approximate surface area is 118 Å². The maximum atomic E-state index is 13.2. The molecule has 0 aliphatic carbocycles. The fourth-order valence-corrected chi connectivity index (χ4v) is 3.62. The van der Waals surface area contributed by atoms with Crippen LogP contribution in [0, 0.1) is 12.7 Å². The molecule has 1 aromatic carbocycles. The Morgan fingerprint density at radius 2 is 2.11 bits per heavy atom. The predicted molar refractivity (Wildman–Crippen MR) is 72.7 cm³/mol. The minimum Gasteiger partial charge on any atom is -0.310 e. The van der Waals surface area contributed by atoms with E-state index in [-0.39, 0.29) is 18.9 Å². The number of hydrogen-bond donors (Lipinski definition) is 1.